The second-order valence-corrected chi connectivity index (χ2v) is 6.19. The maximum Gasteiger partial charge on any atom is 0.460 e. The number of ether oxygens (including phenoxy) is 1. The van der Waals surface area contributed by atoms with Gasteiger partial charge < -0.3 is 9.84 Å². The van der Waals surface area contributed by atoms with Crippen molar-refractivity contribution in [2.75, 3.05) is 6.61 Å². The highest BCUT2D eigenvalue weighted by Crippen LogP contribution is 2.54. The van der Waals surface area contributed by atoms with Crippen molar-refractivity contribution in [3.63, 3.8) is 0 Å². The predicted molar refractivity (Wildman–Crippen MR) is 82.9 cm³/mol. The van der Waals surface area contributed by atoms with E-state index in [1.165, 1.54) is 24.3 Å². The van der Waals surface area contributed by atoms with E-state index in [-0.39, 0.29) is 31.4 Å². The number of hydrogen-bond donors (Lipinski definition) is 1. The lowest BCUT2D eigenvalue weighted by atomic mass is 9.98. The van der Waals surface area contributed by atoms with Crippen LogP contribution >= 0.6 is 0 Å². The first-order chi connectivity index (χ1) is 13.1. The van der Waals surface area contributed by atoms with E-state index in [4.69, 9.17) is 9.84 Å². The van der Waals surface area contributed by atoms with E-state index in [0.29, 0.717) is 5.75 Å². The highest BCUT2D eigenvalue weighted by molar-refractivity contribution is 5.87. The molecule has 3 nitrogen and oxygen atoms in total. The maximum absolute atomic E-state index is 13.3. The maximum atomic E-state index is 13.3. The van der Waals surface area contributed by atoms with E-state index in [0.717, 1.165) is 0 Å². The van der Waals surface area contributed by atoms with E-state index < -0.39 is 42.8 Å². The number of aromatic carboxylic acids is 1. The zero-order valence-electron chi connectivity index (χ0n) is 14.7. The molecule has 0 aromatic heterocycles. The Hall–Kier alpha value is -2.14. The lowest BCUT2D eigenvalue weighted by molar-refractivity contribution is -0.396. The third-order valence-corrected chi connectivity index (χ3v) is 3.96. The minimum absolute atomic E-state index is 0.0335. The van der Waals surface area contributed by atoms with Gasteiger partial charge in [0.2, 0.25) is 0 Å². The van der Waals surface area contributed by atoms with Crippen LogP contribution in [0.4, 0.5) is 39.5 Å². The Balaban J connectivity index is 2.39. The van der Waals surface area contributed by atoms with Gasteiger partial charge in [-0.25, -0.2) is 4.79 Å². The molecule has 12 heteroatoms. The van der Waals surface area contributed by atoms with Crippen molar-refractivity contribution in [2.24, 2.45) is 0 Å². The van der Waals surface area contributed by atoms with Gasteiger partial charge in [-0.1, -0.05) is 12.8 Å². The average Bonchev–Trinajstić information content (AvgIpc) is 2.59. The number of halogens is 9. The second-order valence-electron chi connectivity index (χ2n) is 6.19. The van der Waals surface area contributed by atoms with E-state index in [1.807, 2.05) is 0 Å². The molecule has 1 N–H and O–H groups in total. The summed E-state index contributed by atoms with van der Waals surface area (Å²) in [6, 6.07) is 5.34. The van der Waals surface area contributed by atoms with Crippen LogP contribution in [0.2, 0.25) is 0 Å². The van der Waals surface area contributed by atoms with Crippen LogP contribution in [-0.2, 0) is 0 Å². The third kappa shape index (κ3) is 5.92. The third-order valence-electron chi connectivity index (χ3n) is 3.96. The van der Waals surface area contributed by atoms with Gasteiger partial charge in [0.15, 0.2) is 0 Å². The van der Waals surface area contributed by atoms with Crippen molar-refractivity contribution < 1.29 is 54.2 Å². The number of alkyl halides is 9. The van der Waals surface area contributed by atoms with Gasteiger partial charge in [0.05, 0.1) is 12.2 Å². The molecule has 166 valence electrons. The van der Waals surface area contributed by atoms with Crippen LogP contribution in [0.3, 0.4) is 0 Å². The molecule has 0 saturated carbocycles. The van der Waals surface area contributed by atoms with Crippen molar-refractivity contribution in [3.05, 3.63) is 29.8 Å². The highest BCUT2D eigenvalue weighted by Gasteiger charge is 2.81. The molecule has 0 amide bonds. The molecular formula is C17H17F9O3. The molecule has 0 spiro atoms. The quantitative estimate of drug-likeness (QED) is 0.330. The number of rotatable bonds is 11. The number of benzene rings is 1. The number of carbonyl (C=O) groups is 1. The number of carboxylic acid groups (broad SMARTS) is 1. The largest absolute Gasteiger partial charge is 0.494 e. The fourth-order valence-corrected chi connectivity index (χ4v) is 2.25. The molecule has 0 aliphatic carbocycles. The Labute approximate surface area is 159 Å². The standard InChI is InChI=1S/C17H17F9O3/c18-14(19,15(20,21)16(22,23)17(24,25)26)9-3-1-2-4-10-29-12-7-5-11(6-8-12)13(27)28/h5-8H,1-4,9-10H2,(H,27,28). The summed E-state index contributed by atoms with van der Waals surface area (Å²) in [7, 11) is 0. The van der Waals surface area contributed by atoms with Gasteiger partial charge in [0.25, 0.3) is 0 Å². The lowest BCUT2D eigenvalue weighted by Gasteiger charge is -2.33. The first-order valence-corrected chi connectivity index (χ1v) is 8.30. The van der Waals surface area contributed by atoms with Gasteiger partial charge in [-0.05, 0) is 37.1 Å². The minimum Gasteiger partial charge on any atom is -0.494 e. The number of unbranched alkanes of at least 4 members (excludes halogenated alkanes) is 3. The fourth-order valence-electron chi connectivity index (χ4n) is 2.25. The molecule has 0 aliphatic heterocycles. The molecule has 29 heavy (non-hydrogen) atoms. The first kappa shape index (κ1) is 24.9. The molecule has 0 bridgehead atoms. The molecule has 0 heterocycles. The summed E-state index contributed by atoms with van der Waals surface area (Å²) in [6.45, 7) is 0.0745. The summed E-state index contributed by atoms with van der Waals surface area (Å²) in [5, 5.41) is 8.73. The molecule has 0 unspecified atom stereocenters. The summed E-state index contributed by atoms with van der Waals surface area (Å²) in [4.78, 5) is 10.7. The molecule has 1 aromatic carbocycles. The van der Waals surface area contributed by atoms with Crippen molar-refractivity contribution in [2.45, 2.75) is 56.0 Å². The first-order valence-electron chi connectivity index (χ1n) is 8.30. The lowest BCUT2D eigenvalue weighted by Crippen LogP contribution is -2.60. The van der Waals surface area contributed by atoms with Crippen LogP contribution in [0.1, 0.15) is 42.5 Å². The van der Waals surface area contributed by atoms with Crippen molar-refractivity contribution in [1.29, 1.82) is 0 Å². The van der Waals surface area contributed by atoms with Crippen LogP contribution in [0.25, 0.3) is 0 Å². The van der Waals surface area contributed by atoms with Crippen LogP contribution in [-0.4, -0.2) is 41.6 Å². The summed E-state index contributed by atoms with van der Waals surface area (Å²) >= 11 is 0. The van der Waals surface area contributed by atoms with Crippen LogP contribution in [0.15, 0.2) is 24.3 Å². The van der Waals surface area contributed by atoms with Crippen LogP contribution in [0.5, 0.6) is 5.75 Å². The van der Waals surface area contributed by atoms with Crippen molar-refractivity contribution >= 4 is 5.97 Å². The van der Waals surface area contributed by atoms with E-state index in [9.17, 15) is 44.3 Å². The van der Waals surface area contributed by atoms with Gasteiger partial charge in [0, 0.05) is 6.42 Å². The minimum atomic E-state index is -6.85. The van der Waals surface area contributed by atoms with E-state index in [1.54, 1.807) is 0 Å². The summed E-state index contributed by atoms with van der Waals surface area (Å²) < 4.78 is 119. The number of hydrogen-bond acceptors (Lipinski definition) is 2. The van der Waals surface area contributed by atoms with Crippen molar-refractivity contribution in [1.82, 2.24) is 0 Å². The Kier molecular flexibility index (Phi) is 7.83. The smallest absolute Gasteiger partial charge is 0.460 e. The van der Waals surface area contributed by atoms with Gasteiger partial charge in [-0.3, -0.25) is 0 Å². The summed E-state index contributed by atoms with van der Waals surface area (Å²) in [6.07, 6.45) is -9.01. The number of carboxylic acids is 1. The normalized spacial score (nSPS) is 13.4. The highest BCUT2D eigenvalue weighted by atomic mass is 19.4. The predicted octanol–water partition coefficient (Wildman–Crippen LogP) is 6.18. The zero-order valence-corrected chi connectivity index (χ0v) is 14.7. The molecule has 0 radical (unpaired) electrons. The molecule has 1 aromatic rings. The van der Waals surface area contributed by atoms with Crippen LogP contribution in [0, 0.1) is 0 Å². The molecular weight excluding hydrogens is 423 g/mol. The van der Waals surface area contributed by atoms with E-state index >= 15 is 0 Å². The Bertz CT molecular complexity index is 670. The zero-order chi connectivity index (χ0) is 22.5. The summed E-state index contributed by atoms with van der Waals surface area (Å²) in [5.41, 5.74) is 0.0335. The molecule has 0 aliphatic rings. The molecule has 0 fully saturated rings. The fraction of sp³-hybridized carbons (Fsp3) is 0.588. The summed E-state index contributed by atoms with van der Waals surface area (Å²) in [5.74, 6) is -19.8. The molecule has 1 rings (SSSR count). The Morgan fingerprint density at radius 2 is 1.31 bits per heavy atom. The average molecular weight is 440 g/mol. The van der Waals surface area contributed by atoms with Gasteiger partial charge in [-0.15, -0.1) is 0 Å². The second kappa shape index (κ2) is 9.12. The topological polar surface area (TPSA) is 46.5 Å². The Morgan fingerprint density at radius 3 is 1.79 bits per heavy atom. The van der Waals surface area contributed by atoms with Gasteiger partial charge in [0.1, 0.15) is 5.75 Å². The van der Waals surface area contributed by atoms with Gasteiger partial charge in [-0.2, -0.15) is 39.5 Å². The Morgan fingerprint density at radius 1 is 0.793 bits per heavy atom. The molecule has 0 saturated heterocycles. The van der Waals surface area contributed by atoms with Gasteiger partial charge >= 0.3 is 29.9 Å². The van der Waals surface area contributed by atoms with E-state index in [2.05, 4.69) is 0 Å². The molecule has 0 atom stereocenters. The SMILES string of the molecule is O=C(O)c1ccc(OCCCCCCC(F)(F)C(F)(F)C(F)(F)C(F)(F)F)cc1. The van der Waals surface area contributed by atoms with Crippen molar-refractivity contribution in [3.8, 4) is 5.75 Å². The monoisotopic (exact) mass is 440 g/mol. The van der Waals surface area contributed by atoms with Crippen LogP contribution < -0.4 is 4.74 Å².